The fraction of sp³-hybridized carbons (Fsp3) is 0.250. The molecule has 17 heavy (non-hydrogen) atoms. The molecule has 2 aromatic rings. The van der Waals surface area contributed by atoms with Crippen molar-refractivity contribution < 1.29 is 4.74 Å². The molecular weight excluding hydrogens is 208 g/mol. The van der Waals surface area contributed by atoms with Crippen LogP contribution in [-0.4, -0.2) is 6.61 Å². The maximum Gasteiger partial charge on any atom is 0.119 e. The van der Waals surface area contributed by atoms with E-state index in [4.69, 9.17) is 4.74 Å². The van der Waals surface area contributed by atoms with Crippen LogP contribution in [-0.2, 0) is 0 Å². The van der Waals surface area contributed by atoms with Crippen LogP contribution in [0.1, 0.15) is 19.8 Å². The summed E-state index contributed by atoms with van der Waals surface area (Å²) in [4.78, 5) is 0. The summed E-state index contributed by atoms with van der Waals surface area (Å²) in [6.07, 6.45) is 2.27. The Bertz CT molecular complexity index is 431. The molecule has 0 amide bonds. The van der Waals surface area contributed by atoms with Gasteiger partial charge >= 0.3 is 0 Å². The van der Waals surface area contributed by atoms with Gasteiger partial charge in [-0.05, 0) is 35.7 Å². The van der Waals surface area contributed by atoms with Gasteiger partial charge in [0, 0.05) is 0 Å². The molecule has 1 radical (unpaired) electrons. The molecule has 0 aliphatic rings. The zero-order valence-electron chi connectivity index (χ0n) is 10.1. The summed E-state index contributed by atoms with van der Waals surface area (Å²) in [7, 11) is 0. The minimum absolute atomic E-state index is 0.799. The first-order valence-electron chi connectivity index (χ1n) is 6.10. The number of rotatable bonds is 5. The second kappa shape index (κ2) is 6.09. The van der Waals surface area contributed by atoms with E-state index in [2.05, 4.69) is 31.2 Å². The molecule has 0 aliphatic heterocycles. The lowest BCUT2D eigenvalue weighted by Crippen LogP contribution is -1.95. The lowest BCUT2D eigenvalue weighted by Gasteiger charge is -2.06. The van der Waals surface area contributed by atoms with Crippen LogP contribution in [0.2, 0.25) is 0 Å². The summed E-state index contributed by atoms with van der Waals surface area (Å²) in [5.74, 6) is 0.943. The van der Waals surface area contributed by atoms with Gasteiger partial charge in [-0.2, -0.15) is 0 Å². The monoisotopic (exact) mass is 225 g/mol. The van der Waals surface area contributed by atoms with Crippen molar-refractivity contribution in [2.45, 2.75) is 19.8 Å². The lowest BCUT2D eigenvalue weighted by molar-refractivity contribution is 0.309. The molecule has 87 valence electrons. The minimum atomic E-state index is 0.799. The zero-order chi connectivity index (χ0) is 11.9. The summed E-state index contributed by atoms with van der Waals surface area (Å²) in [5.41, 5.74) is 2.29. The number of hydrogen-bond acceptors (Lipinski definition) is 1. The summed E-state index contributed by atoms with van der Waals surface area (Å²) in [5, 5.41) is 0. The Kier molecular flexibility index (Phi) is 4.20. The van der Waals surface area contributed by atoms with E-state index < -0.39 is 0 Å². The molecule has 0 saturated heterocycles. The number of hydrogen-bond donors (Lipinski definition) is 0. The van der Waals surface area contributed by atoms with Gasteiger partial charge in [-0.1, -0.05) is 49.7 Å². The summed E-state index contributed by atoms with van der Waals surface area (Å²) in [6, 6.07) is 19.4. The quantitative estimate of drug-likeness (QED) is 0.688. The molecule has 0 spiro atoms. The number of ether oxygens (including phenoxy) is 1. The molecule has 0 saturated carbocycles. The molecule has 0 aliphatic carbocycles. The molecule has 2 rings (SSSR count). The van der Waals surface area contributed by atoms with Gasteiger partial charge in [-0.25, -0.2) is 0 Å². The predicted molar refractivity (Wildman–Crippen MR) is 71.1 cm³/mol. The van der Waals surface area contributed by atoms with Gasteiger partial charge in [-0.15, -0.1) is 0 Å². The van der Waals surface area contributed by atoms with Crippen LogP contribution in [0.25, 0.3) is 11.1 Å². The van der Waals surface area contributed by atoms with Crippen molar-refractivity contribution in [2.24, 2.45) is 0 Å². The Morgan fingerprint density at radius 1 is 1.06 bits per heavy atom. The normalized spacial score (nSPS) is 10.2. The van der Waals surface area contributed by atoms with Crippen LogP contribution in [0.4, 0.5) is 0 Å². The summed E-state index contributed by atoms with van der Waals surface area (Å²) >= 11 is 0. The van der Waals surface area contributed by atoms with Gasteiger partial charge < -0.3 is 4.74 Å². The smallest absolute Gasteiger partial charge is 0.119 e. The largest absolute Gasteiger partial charge is 0.494 e. The van der Waals surface area contributed by atoms with Crippen LogP contribution < -0.4 is 4.74 Å². The topological polar surface area (TPSA) is 9.23 Å². The van der Waals surface area contributed by atoms with Gasteiger partial charge in [0.05, 0.1) is 6.61 Å². The molecule has 0 heterocycles. The van der Waals surface area contributed by atoms with E-state index in [0.717, 1.165) is 30.8 Å². The Hall–Kier alpha value is -1.76. The van der Waals surface area contributed by atoms with Crippen LogP contribution >= 0.6 is 0 Å². The average molecular weight is 225 g/mol. The molecular formula is C16H17O. The highest BCUT2D eigenvalue weighted by Gasteiger charge is 1.97. The van der Waals surface area contributed by atoms with Crippen LogP contribution in [0.15, 0.2) is 48.5 Å². The maximum absolute atomic E-state index is 5.63. The molecule has 0 atom stereocenters. The first-order valence-corrected chi connectivity index (χ1v) is 6.10. The Morgan fingerprint density at radius 2 is 1.88 bits per heavy atom. The molecule has 0 unspecified atom stereocenters. The molecule has 0 fully saturated rings. The van der Waals surface area contributed by atoms with Crippen molar-refractivity contribution in [3.63, 3.8) is 0 Å². The molecule has 1 nitrogen and oxygen atoms in total. The van der Waals surface area contributed by atoms with E-state index in [9.17, 15) is 0 Å². The minimum Gasteiger partial charge on any atom is -0.494 e. The third-order valence-corrected chi connectivity index (χ3v) is 2.64. The van der Waals surface area contributed by atoms with Crippen LogP contribution in [0.5, 0.6) is 5.75 Å². The molecule has 0 bridgehead atoms. The maximum atomic E-state index is 5.63. The second-order valence-corrected chi connectivity index (χ2v) is 4.00. The van der Waals surface area contributed by atoms with Crippen LogP contribution in [0.3, 0.4) is 0 Å². The third kappa shape index (κ3) is 3.35. The highest BCUT2D eigenvalue weighted by Crippen LogP contribution is 2.21. The van der Waals surface area contributed by atoms with Crippen molar-refractivity contribution in [2.75, 3.05) is 6.61 Å². The Balaban J connectivity index is 2.03. The highest BCUT2D eigenvalue weighted by molar-refractivity contribution is 5.63. The molecule has 1 heteroatoms. The first-order chi connectivity index (χ1) is 8.40. The van der Waals surface area contributed by atoms with E-state index in [1.807, 2.05) is 30.3 Å². The van der Waals surface area contributed by atoms with E-state index in [-0.39, 0.29) is 0 Å². The van der Waals surface area contributed by atoms with Crippen molar-refractivity contribution in [3.8, 4) is 16.9 Å². The average Bonchev–Trinajstić information content (AvgIpc) is 2.41. The van der Waals surface area contributed by atoms with Gasteiger partial charge in [0.15, 0.2) is 0 Å². The van der Waals surface area contributed by atoms with E-state index in [1.165, 1.54) is 5.56 Å². The highest BCUT2D eigenvalue weighted by atomic mass is 16.5. The van der Waals surface area contributed by atoms with Gasteiger partial charge in [0.25, 0.3) is 0 Å². The third-order valence-electron chi connectivity index (χ3n) is 2.64. The lowest BCUT2D eigenvalue weighted by atomic mass is 10.1. The van der Waals surface area contributed by atoms with Crippen LogP contribution in [0, 0.1) is 6.07 Å². The van der Waals surface area contributed by atoms with Crippen molar-refractivity contribution >= 4 is 0 Å². The summed E-state index contributed by atoms with van der Waals surface area (Å²) in [6.45, 7) is 2.96. The van der Waals surface area contributed by atoms with Crippen molar-refractivity contribution in [1.82, 2.24) is 0 Å². The van der Waals surface area contributed by atoms with E-state index >= 15 is 0 Å². The number of benzene rings is 2. The first kappa shape index (κ1) is 11.7. The zero-order valence-corrected chi connectivity index (χ0v) is 10.1. The predicted octanol–water partition coefficient (Wildman–Crippen LogP) is 4.33. The fourth-order valence-corrected chi connectivity index (χ4v) is 1.64. The van der Waals surface area contributed by atoms with Crippen molar-refractivity contribution in [3.05, 3.63) is 54.6 Å². The Morgan fingerprint density at radius 3 is 2.53 bits per heavy atom. The van der Waals surface area contributed by atoms with E-state index in [0.29, 0.717) is 0 Å². The van der Waals surface area contributed by atoms with Gasteiger partial charge in [0.1, 0.15) is 5.75 Å². The van der Waals surface area contributed by atoms with Crippen molar-refractivity contribution in [1.29, 1.82) is 0 Å². The summed E-state index contributed by atoms with van der Waals surface area (Å²) < 4.78 is 5.63. The Labute approximate surface area is 103 Å². The molecule has 2 aromatic carbocycles. The van der Waals surface area contributed by atoms with E-state index in [1.54, 1.807) is 0 Å². The fourth-order valence-electron chi connectivity index (χ4n) is 1.64. The van der Waals surface area contributed by atoms with Gasteiger partial charge in [0.2, 0.25) is 0 Å². The SMILES string of the molecule is CCCCOc1ccc(-c2[c]cccc2)cc1. The standard InChI is InChI=1S/C16H17O/c1-2-3-13-17-16-11-9-15(10-12-16)14-7-5-4-6-8-14/h4-7,9-12H,2-3,13H2,1H3. The molecule has 0 N–H and O–H groups in total. The number of unbranched alkanes of at least 4 members (excludes halogenated alkanes) is 1. The second-order valence-electron chi connectivity index (χ2n) is 4.00. The molecule has 0 aromatic heterocycles. The van der Waals surface area contributed by atoms with Gasteiger partial charge in [-0.3, -0.25) is 0 Å².